The lowest BCUT2D eigenvalue weighted by molar-refractivity contribution is -0.139. The highest BCUT2D eigenvalue weighted by atomic mass is 16.4. The number of nitrogens with one attached hydrogen (secondary N) is 4. The predicted molar refractivity (Wildman–Crippen MR) is 295 cm³/mol. The van der Waals surface area contributed by atoms with E-state index in [9.17, 15) is 19.2 Å². The lowest BCUT2D eigenvalue weighted by atomic mass is 9.64. The number of aromatic nitrogens is 4. The number of rotatable bonds is 14. The van der Waals surface area contributed by atoms with Crippen molar-refractivity contribution in [3.8, 4) is 0 Å². The molecule has 0 aliphatic heterocycles. The van der Waals surface area contributed by atoms with Gasteiger partial charge in [-0.25, -0.2) is 0 Å². The molecular weight excluding hydrogens is 949 g/mol. The van der Waals surface area contributed by atoms with Crippen molar-refractivity contribution in [1.82, 2.24) is 19.9 Å². The maximum Gasteiger partial charge on any atom is 0.320 e. The standard InChI is InChI=1S/C15H26.4C11H12N2O2/c1-2-8-13(7-1)15(11-5-6-12-15)14-9-3-4-10-14;4*12-9(11(14)15)5-7-6-13-10-4-2-1-3-8(7)10/h13-14H,1-12H2;4*1-4,6,9,13H,5,12H2,(H,14,15)/t;4*9-/m.0000/s1. The Hall–Kier alpha value is -7.24. The first kappa shape index (κ1) is 55.5. The van der Waals surface area contributed by atoms with Crippen molar-refractivity contribution >= 4 is 67.5 Å². The van der Waals surface area contributed by atoms with Gasteiger partial charge in [-0.15, -0.1) is 0 Å². The van der Waals surface area contributed by atoms with E-state index in [0.29, 0.717) is 25.7 Å². The Labute approximate surface area is 436 Å². The highest BCUT2D eigenvalue weighted by molar-refractivity contribution is 5.87. The predicted octanol–water partition coefficient (Wildman–Crippen LogP) is 9.42. The van der Waals surface area contributed by atoms with Crippen LogP contribution in [-0.2, 0) is 44.9 Å². The lowest BCUT2D eigenvalue weighted by Gasteiger charge is -2.41. The number of para-hydroxylation sites is 4. The van der Waals surface area contributed by atoms with E-state index >= 15 is 0 Å². The normalized spacial score (nSPS) is 16.9. The number of hydrogen-bond acceptors (Lipinski definition) is 8. The SMILES string of the molecule is C1CCC(C2(C3CCCC3)CCCC2)C1.N[C@@H](Cc1c[nH]c2ccccc12)C(=O)O.N[C@@H](Cc1c[nH]c2ccccc12)C(=O)O.N[C@@H](Cc1c[nH]c2ccccc12)C(=O)O.N[C@@H](Cc1c[nH]c2ccccc12)C(=O)O. The highest BCUT2D eigenvalue weighted by Gasteiger charge is 2.47. The average Bonchev–Trinajstić information content (AvgIpc) is 4.28. The summed E-state index contributed by atoms with van der Waals surface area (Å²) in [4.78, 5) is 54.8. The number of hydrogen-bond donors (Lipinski definition) is 12. The Balaban J connectivity index is 0.000000137. The smallest absolute Gasteiger partial charge is 0.320 e. The molecule has 0 amide bonds. The summed E-state index contributed by atoms with van der Waals surface area (Å²) in [6.45, 7) is 0. The number of carboxylic acids is 4. The second-order valence-corrected chi connectivity index (χ2v) is 20.4. The minimum absolute atomic E-state index is 0.347. The van der Waals surface area contributed by atoms with E-state index in [0.717, 1.165) is 83.1 Å². The number of benzene rings is 4. The fraction of sp³-hybridized carbons (Fsp3) is 0.390. The van der Waals surface area contributed by atoms with Gasteiger partial charge in [0.1, 0.15) is 24.2 Å². The Kier molecular flexibility index (Phi) is 19.5. The third kappa shape index (κ3) is 14.3. The summed E-state index contributed by atoms with van der Waals surface area (Å²) in [5.74, 6) is -1.60. The van der Waals surface area contributed by atoms with Gasteiger partial charge >= 0.3 is 23.9 Å². The molecule has 398 valence electrons. The molecule has 3 saturated carbocycles. The quantitative estimate of drug-likeness (QED) is 0.0485. The van der Waals surface area contributed by atoms with E-state index < -0.39 is 48.0 Å². The Morgan fingerprint density at radius 2 is 0.627 bits per heavy atom. The molecule has 3 aliphatic rings. The van der Waals surface area contributed by atoms with Crippen LogP contribution in [0.1, 0.15) is 99.3 Å². The molecule has 3 fully saturated rings. The number of carboxylic acid groups (broad SMARTS) is 4. The van der Waals surface area contributed by atoms with Crippen LogP contribution in [0.4, 0.5) is 0 Å². The maximum absolute atomic E-state index is 10.6. The topological polar surface area (TPSA) is 316 Å². The van der Waals surface area contributed by atoms with E-state index in [4.69, 9.17) is 43.4 Å². The summed E-state index contributed by atoms with van der Waals surface area (Å²) < 4.78 is 0. The molecule has 0 spiro atoms. The molecule has 11 rings (SSSR count). The van der Waals surface area contributed by atoms with Crippen LogP contribution in [-0.4, -0.2) is 88.4 Å². The van der Waals surface area contributed by atoms with Crippen molar-refractivity contribution in [1.29, 1.82) is 0 Å². The van der Waals surface area contributed by atoms with Crippen LogP contribution in [0.3, 0.4) is 0 Å². The molecule has 8 aromatic rings. The van der Waals surface area contributed by atoms with E-state index in [1.54, 1.807) is 77.0 Å². The number of H-pyrrole nitrogens is 4. The van der Waals surface area contributed by atoms with Crippen LogP contribution in [0.2, 0.25) is 0 Å². The minimum atomic E-state index is -0.972. The van der Waals surface area contributed by atoms with Crippen LogP contribution in [0.15, 0.2) is 122 Å². The highest BCUT2D eigenvalue weighted by Crippen LogP contribution is 2.58. The fourth-order valence-electron chi connectivity index (χ4n) is 11.7. The average molecular weight is 1020 g/mol. The summed E-state index contributed by atoms with van der Waals surface area (Å²) >= 11 is 0. The molecule has 75 heavy (non-hydrogen) atoms. The molecule has 0 bridgehead atoms. The monoisotopic (exact) mass is 1020 g/mol. The van der Waals surface area contributed by atoms with Gasteiger partial charge < -0.3 is 63.3 Å². The van der Waals surface area contributed by atoms with Gasteiger partial charge in [0.25, 0.3) is 0 Å². The second kappa shape index (κ2) is 26.3. The molecule has 0 unspecified atom stereocenters. The lowest BCUT2D eigenvalue weighted by Crippen LogP contribution is -2.33. The first-order chi connectivity index (χ1) is 36.1. The molecule has 4 atom stereocenters. The van der Waals surface area contributed by atoms with Crippen molar-refractivity contribution in [3.63, 3.8) is 0 Å². The maximum atomic E-state index is 10.6. The van der Waals surface area contributed by atoms with Crippen LogP contribution >= 0.6 is 0 Å². The van der Waals surface area contributed by atoms with Crippen molar-refractivity contribution in [3.05, 3.63) is 144 Å². The van der Waals surface area contributed by atoms with E-state index in [1.165, 1.54) is 0 Å². The number of fused-ring (bicyclic) bond motifs is 4. The van der Waals surface area contributed by atoms with Gasteiger partial charge in [0, 0.05) is 94.1 Å². The summed E-state index contributed by atoms with van der Waals surface area (Å²) in [6, 6.07) is 27.7. The zero-order chi connectivity index (χ0) is 53.5. The Morgan fingerprint density at radius 1 is 0.400 bits per heavy atom. The molecule has 4 aromatic heterocycles. The summed E-state index contributed by atoms with van der Waals surface area (Å²) in [5.41, 5.74) is 30.6. The summed E-state index contributed by atoms with van der Waals surface area (Å²) in [6.07, 6.45) is 27.4. The molecule has 0 saturated heterocycles. The molecule has 4 aromatic carbocycles. The largest absolute Gasteiger partial charge is 0.480 e. The van der Waals surface area contributed by atoms with Gasteiger partial charge in [-0.05, 0) is 102 Å². The molecular formula is C59H74N8O8. The van der Waals surface area contributed by atoms with E-state index in [2.05, 4.69) is 19.9 Å². The third-order valence-electron chi connectivity index (χ3n) is 15.6. The van der Waals surface area contributed by atoms with Crippen molar-refractivity contribution in [2.75, 3.05) is 0 Å². The van der Waals surface area contributed by atoms with Gasteiger partial charge in [0.15, 0.2) is 0 Å². The first-order valence-electron chi connectivity index (χ1n) is 26.3. The number of carbonyl (C=O) groups is 4. The van der Waals surface area contributed by atoms with E-state index in [1.807, 2.05) is 122 Å². The van der Waals surface area contributed by atoms with Gasteiger partial charge in [-0.1, -0.05) is 111 Å². The minimum Gasteiger partial charge on any atom is -0.480 e. The summed E-state index contributed by atoms with van der Waals surface area (Å²) in [7, 11) is 0. The zero-order valence-corrected chi connectivity index (χ0v) is 42.6. The summed E-state index contributed by atoms with van der Waals surface area (Å²) in [5, 5.41) is 39.0. The first-order valence-corrected chi connectivity index (χ1v) is 26.3. The van der Waals surface area contributed by atoms with Crippen molar-refractivity contribution < 1.29 is 39.6 Å². The molecule has 4 heterocycles. The van der Waals surface area contributed by atoms with Crippen molar-refractivity contribution in [2.45, 2.75) is 127 Å². The van der Waals surface area contributed by atoms with Crippen LogP contribution in [0.5, 0.6) is 0 Å². The van der Waals surface area contributed by atoms with Gasteiger partial charge in [-0.3, -0.25) is 19.2 Å². The third-order valence-corrected chi connectivity index (χ3v) is 15.6. The van der Waals surface area contributed by atoms with Gasteiger partial charge in [0.2, 0.25) is 0 Å². The van der Waals surface area contributed by atoms with Gasteiger partial charge in [0.05, 0.1) is 0 Å². The molecule has 16 heteroatoms. The number of aromatic amines is 4. The molecule has 16 N–H and O–H groups in total. The Bertz CT molecular complexity index is 2730. The molecule has 3 aliphatic carbocycles. The zero-order valence-electron chi connectivity index (χ0n) is 42.6. The fourth-order valence-corrected chi connectivity index (χ4v) is 11.7. The Morgan fingerprint density at radius 3 is 0.853 bits per heavy atom. The van der Waals surface area contributed by atoms with Crippen LogP contribution in [0.25, 0.3) is 43.6 Å². The molecule has 16 nitrogen and oxygen atoms in total. The van der Waals surface area contributed by atoms with Crippen LogP contribution in [0, 0.1) is 17.3 Å². The van der Waals surface area contributed by atoms with Crippen LogP contribution < -0.4 is 22.9 Å². The van der Waals surface area contributed by atoms with E-state index in [-0.39, 0.29) is 0 Å². The number of aliphatic carboxylic acids is 4. The van der Waals surface area contributed by atoms with Gasteiger partial charge in [-0.2, -0.15) is 0 Å². The number of nitrogens with two attached hydrogens (primary N) is 4. The molecule has 0 radical (unpaired) electrons. The second-order valence-electron chi connectivity index (χ2n) is 20.4. The van der Waals surface area contributed by atoms with Crippen molar-refractivity contribution in [2.24, 2.45) is 40.2 Å².